The van der Waals surface area contributed by atoms with Gasteiger partial charge in [0.1, 0.15) is 0 Å². The summed E-state index contributed by atoms with van der Waals surface area (Å²) < 4.78 is 4.66. The predicted molar refractivity (Wildman–Crippen MR) is 22.1 cm³/mol. The van der Waals surface area contributed by atoms with Gasteiger partial charge < -0.3 is 0 Å². The van der Waals surface area contributed by atoms with Crippen molar-refractivity contribution in [3.8, 4) is 0 Å². The van der Waals surface area contributed by atoms with Crippen LogP contribution in [0.25, 0.3) is 0 Å². The van der Waals surface area contributed by atoms with Gasteiger partial charge in [-0.3, -0.25) is 0 Å². The zero-order valence-corrected chi connectivity index (χ0v) is 3.57. The quantitative estimate of drug-likeness (QED) is 0.464. The fourth-order valence-corrected chi connectivity index (χ4v) is 0.296. The van der Waals surface area contributed by atoms with Gasteiger partial charge in [0.05, 0.1) is 4.91 Å². The summed E-state index contributed by atoms with van der Waals surface area (Å²) in [5.74, 6) is 0. The molecule has 3 nitrogen and oxygen atoms in total. The van der Waals surface area contributed by atoms with Crippen molar-refractivity contribution in [3.05, 3.63) is 29.5 Å². The highest BCUT2D eigenvalue weighted by molar-refractivity contribution is 4.74. The number of aromatic nitrogens is 1. The largest absolute Gasteiger partial charge is 0.282 e. The van der Waals surface area contributed by atoms with Crippen LogP contribution in [0.2, 0.25) is 0 Å². The van der Waals surface area contributed by atoms with E-state index in [4.69, 9.17) is 0 Å². The molecule has 0 fully saturated rings. The zero-order valence-electron chi connectivity index (χ0n) is 3.57. The average molecular weight is 98.1 g/mol. The van der Waals surface area contributed by atoms with E-state index in [1.807, 2.05) is 0 Å². The van der Waals surface area contributed by atoms with Gasteiger partial charge in [-0.2, -0.15) is 4.52 Å². The molecule has 0 spiro atoms. The van der Waals surface area contributed by atoms with E-state index < -0.39 is 0 Å². The predicted octanol–water partition coefficient (Wildman–Crippen LogP) is 0.194. The minimum absolute atomic E-state index is 0.375. The summed E-state index contributed by atoms with van der Waals surface area (Å²) in [4.78, 5) is 10.0. The van der Waals surface area contributed by atoms with Gasteiger partial charge in [-0.15, -0.1) is 0 Å². The maximum absolute atomic E-state index is 10.0. The summed E-state index contributed by atoms with van der Waals surface area (Å²) in [6.45, 7) is 0. The molecule has 0 aliphatic heterocycles. The third-order valence-electron chi connectivity index (χ3n) is 0.562. The van der Waals surface area contributed by atoms with Gasteiger partial charge in [0.25, 0.3) is 10.8 Å². The first-order valence-electron chi connectivity index (χ1n) is 1.86. The first kappa shape index (κ1) is 4.05. The highest BCUT2D eigenvalue weighted by Gasteiger charge is 1.81. The summed E-state index contributed by atoms with van der Waals surface area (Å²) >= 11 is 0. The molecule has 1 heterocycles. The molecule has 1 aromatic heterocycles. The number of hydrogen-bond acceptors (Lipinski definition) is 2. The molecule has 0 amide bonds. The lowest BCUT2D eigenvalue weighted by Crippen LogP contribution is -2.08. The molecule has 3 heteroatoms. The molecule has 0 bridgehead atoms. The summed E-state index contributed by atoms with van der Waals surface area (Å²) in [6, 6.07) is 3.23. The Morgan fingerprint density at radius 2 is 2.29 bits per heavy atom. The number of hydrogen-bond donors (Lipinski definition) is 0. The molecule has 36 valence electrons. The molecule has 1 rings (SSSR count). The first-order valence-corrected chi connectivity index (χ1v) is 1.86. The van der Waals surface area contributed by atoms with Crippen LogP contribution in [0.15, 0.2) is 29.1 Å². The molecule has 0 N–H and O–H groups in total. The molecule has 0 aromatic carbocycles. The van der Waals surface area contributed by atoms with Crippen LogP contribution in [-0.4, -0.2) is 0 Å². The van der Waals surface area contributed by atoms with Gasteiger partial charge in [-0.05, 0) is 6.07 Å². The van der Waals surface area contributed by atoms with Gasteiger partial charge in [-0.25, -0.2) is 0 Å². The maximum atomic E-state index is 10.0. The van der Waals surface area contributed by atoms with Crippen molar-refractivity contribution in [1.29, 1.82) is 0 Å². The van der Waals surface area contributed by atoms with Crippen LogP contribution in [0.4, 0.5) is 0 Å². The molecule has 7 heavy (non-hydrogen) atoms. The van der Waals surface area contributed by atoms with Crippen LogP contribution >= 0.6 is 0 Å². The molecule has 0 atom stereocenters. The van der Waals surface area contributed by atoms with Crippen LogP contribution in [0, 0.1) is 4.91 Å². The van der Waals surface area contributed by atoms with Crippen molar-refractivity contribution < 1.29 is 9.12 Å². The summed E-state index contributed by atoms with van der Waals surface area (Å²) in [5, 5.41) is 0. The third-order valence-corrected chi connectivity index (χ3v) is 0.562. The van der Waals surface area contributed by atoms with E-state index in [0.717, 1.165) is 0 Å². The van der Waals surface area contributed by atoms with E-state index in [-0.39, 0.29) is 0 Å². The smallest absolute Gasteiger partial charge is 0.194 e. The monoisotopic (exact) mass is 98.0 g/mol. The average Bonchev–Trinajstić information content (AvgIpc) is 1.69. The summed E-state index contributed by atoms with van der Waals surface area (Å²) in [6.07, 6.45) is 2.59. The van der Waals surface area contributed by atoms with Crippen LogP contribution in [0.3, 0.4) is 0 Å². The number of rotatable bonds is 0. The topological polar surface area (TPSA) is 36.1 Å². The van der Waals surface area contributed by atoms with E-state index in [1.165, 1.54) is 12.5 Å². The van der Waals surface area contributed by atoms with E-state index in [1.54, 1.807) is 12.1 Å². The lowest BCUT2D eigenvalue weighted by atomic mass is 10.6. The zero-order chi connectivity index (χ0) is 5.11. The second-order valence-electron chi connectivity index (χ2n) is 1.06. The Morgan fingerprint density at radius 3 is 2.57 bits per heavy atom. The van der Waals surface area contributed by atoms with E-state index in [2.05, 4.69) is 4.52 Å². The second-order valence-corrected chi connectivity index (χ2v) is 1.06. The summed E-state index contributed by atoms with van der Waals surface area (Å²) in [5.41, 5.74) is 0. The Morgan fingerprint density at radius 1 is 1.43 bits per heavy atom. The van der Waals surface area contributed by atoms with Crippen LogP contribution in [0.1, 0.15) is 0 Å². The van der Waals surface area contributed by atoms with Gasteiger partial charge in [0.2, 0.25) is 0 Å². The molecule has 1 aromatic rings. The van der Waals surface area contributed by atoms with E-state index in [0.29, 0.717) is 4.60 Å². The minimum atomic E-state index is 0.375. The summed E-state index contributed by atoms with van der Waals surface area (Å²) in [7, 11) is 0. The van der Waals surface area contributed by atoms with Crippen LogP contribution < -0.4 is 4.60 Å². The van der Waals surface area contributed by atoms with Crippen molar-refractivity contribution in [2.75, 3.05) is 0 Å². The Labute approximate surface area is 39.8 Å². The van der Waals surface area contributed by atoms with Crippen LogP contribution in [0.5, 0.6) is 0 Å². The van der Waals surface area contributed by atoms with E-state index in [9.17, 15) is 4.91 Å². The highest BCUT2D eigenvalue weighted by Crippen LogP contribution is 1.69. The standard InChI is InChI=1S/C4H4NO2/c6-5-3-1-2-4-7-5/h1-4H/q+1. The molecule has 0 saturated carbocycles. The fourth-order valence-electron chi connectivity index (χ4n) is 0.296. The lowest BCUT2D eigenvalue weighted by molar-refractivity contribution is -0.708. The van der Waals surface area contributed by atoms with E-state index >= 15 is 0 Å². The van der Waals surface area contributed by atoms with Crippen molar-refractivity contribution in [1.82, 2.24) is 0 Å². The second kappa shape index (κ2) is 1.55. The highest BCUT2D eigenvalue weighted by atomic mass is 16.6. The molecule has 0 radical (unpaired) electrons. The minimum Gasteiger partial charge on any atom is -0.194 e. The van der Waals surface area contributed by atoms with Gasteiger partial charge in [-0.1, -0.05) is 0 Å². The third kappa shape index (κ3) is 0.855. The van der Waals surface area contributed by atoms with Crippen molar-refractivity contribution in [2.24, 2.45) is 0 Å². The van der Waals surface area contributed by atoms with Gasteiger partial charge in [0, 0.05) is 6.07 Å². The molecule has 0 aliphatic rings. The SMILES string of the molecule is O=[n+]1cccco1. The molecular weight excluding hydrogens is 94.0 g/mol. The number of nitrogens with zero attached hydrogens (tertiary/aromatic N) is 1. The van der Waals surface area contributed by atoms with Crippen molar-refractivity contribution >= 4 is 0 Å². The normalized spacial score (nSPS) is 8.57. The van der Waals surface area contributed by atoms with Crippen LogP contribution in [-0.2, 0) is 0 Å². The first-order chi connectivity index (χ1) is 3.39. The molecule has 0 saturated heterocycles. The molecular formula is C4H4NO2+. The fraction of sp³-hybridized carbons (Fsp3) is 0. The Hall–Kier alpha value is -1.12. The van der Waals surface area contributed by atoms with Gasteiger partial charge in [0.15, 0.2) is 6.26 Å². The van der Waals surface area contributed by atoms with Gasteiger partial charge >= 0.3 is 0 Å². The Bertz CT molecular complexity index is 175. The lowest BCUT2D eigenvalue weighted by Gasteiger charge is -1.61. The maximum Gasteiger partial charge on any atom is 0.282 e. The molecule has 0 aliphatic carbocycles. The van der Waals surface area contributed by atoms with Crippen molar-refractivity contribution in [3.63, 3.8) is 0 Å². The molecule has 0 unspecified atom stereocenters. The van der Waals surface area contributed by atoms with Crippen molar-refractivity contribution in [2.45, 2.75) is 0 Å². The Kier molecular flexibility index (Phi) is 0.898. The Balaban J connectivity index is 3.28.